The van der Waals surface area contributed by atoms with E-state index in [1.165, 1.54) is 24.8 Å². The first kappa shape index (κ1) is 16.9. The van der Waals surface area contributed by atoms with Crippen LogP contribution < -0.4 is 5.73 Å². The van der Waals surface area contributed by atoms with Crippen LogP contribution in [0.5, 0.6) is 0 Å². The molecule has 6 heteroatoms. The van der Waals surface area contributed by atoms with Gasteiger partial charge in [0, 0.05) is 6.04 Å². The Morgan fingerprint density at radius 3 is 2.77 bits per heavy atom. The number of likely N-dealkylation sites (tertiary alicyclic amines) is 1. The van der Waals surface area contributed by atoms with Gasteiger partial charge in [-0.2, -0.15) is 4.98 Å². The van der Waals surface area contributed by atoms with Crippen LogP contribution in [0.4, 0.5) is 0 Å². The lowest BCUT2D eigenvalue weighted by Gasteiger charge is -2.35. The van der Waals surface area contributed by atoms with Gasteiger partial charge in [-0.05, 0) is 31.4 Å². The number of halogens is 1. The summed E-state index contributed by atoms with van der Waals surface area (Å²) in [7, 11) is 0. The number of rotatable bonds is 5. The lowest BCUT2D eigenvalue weighted by molar-refractivity contribution is 0.134. The quantitative estimate of drug-likeness (QED) is 0.916. The molecule has 1 fully saturated rings. The summed E-state index contributed by atoms with van der Waals surface area (Å²) in [5.74, 6) is 1.26. The van der Waals surface area contributed by atoms with E-state index >= 15 is 0 Å². The minimum Gasteiger partial charge on any atom is -0.338 e. The van der Waals surface area contributed by atoms with E-state index in [2.05, 4.69) is 45.4 Å². The minimum absolute atomic E-state index is 0. The number of benzene rings is 1. The van der Waals surface area contributed by atoms with E-state index in [1.807, 2.05) is 0 Å². The van der Waals surface area contributed by atoms with Crippen LogP contribution in [0.2, 0.25) is 0 Å². The Morgan fingerprint density at radius 2 is 2.05 bits per heavy atom. The van der Waals surface area contributed by atoms with Crippen LogP contribution in [0, 0.1) is 0 Å². The van der Waals surface area contributed by atoms with Gasteiger partial charge in [0.1, 0.15) is 0 Å². The zero-order valence-electron chi connectivity index (χ0n) is 12.6. The molecule has 5 nitrogen and oxygen atoms in total. The maximum atomic E-state index is 5.52. The van der Waals surface area contributed by atoms with Crippen LogP contribution in [0.3, 0.4) is 0 Å². The van der Waals surface area contributed by atoms with Gasteiger partial charge in [0.2, 0.25) is 5.89 Å². The monoisotopic (exact) mass is 322 g/mol. The van der Waals surface area contributed by atoms with Gasteiger partial charge in [0.05, 0.1) is 13.1 Å². The number of nitrogens with two attached hydrogens (primary N) is 1. The first-order valence-corrected chi connectivity index (χ1v) is 7.64. The molecular formula is C16H23ClN4O. The van der Waals surface area contributed by atoms with Crippen molar-refractivity contribution in [2.24, 2.45) is 5.73 Å². The van der Waals surface area contributed by atoms with E-state index < -0.39 is 0 Å². The number of aromatic nitrogens is 2. The highest BCUT2D eigenvalue weighted by molar-refractivity contribution is 5.85. The Morgan fingerprint density at radius 1 is 1.23 bits per heavy atom. The van der Waals surface area contributed by atoms with Crippen molar-refractivity contribution >= 4 is 12.4 Å². The van der Waals surface area contributed by atoms with Gasteiger partial charge in [-0.1, -0.05) is 41.9 Å². The smallest absolute Gasteiger partial charge is 0.240 e. The molecule has 1 aromatic carbocycles. The molecule has 1 saturated heterocycles. The Balaban J connectivity index is 0.00000176. The third-order valence-corrected chi connectivity index (χ3v) is 4.09. The predicted octanol–water partition coefficient (Wildman–Crippen LogP) is 2.55. The Hall–Kier alpha value is -1.43. The summed E-state index contributed by atoms with van der Waals surface area (Å²) in [6.45, 7) is 2.16. The van der Waals surface area contributed by atoms with Crippen LogP contribution in [0.1, 0.15) is 36.5 Å². The zero-order valence-corrected chi connectivity index (χ0v) is 13.5. The van der Waals surface area contributed by atoms with Crippen molar-refractivity contribution in [1.29, 1.82) is 0 Å². The fourth-order valence-electron chi connectivity index (χ4n) is 3.00. The molecule has 3 rings (SSSR count). The second kappa shape index (κ2) is 8.27. The van der Waals surface area contributed by atoms with Crippen molar-refractivity contribution < 1.29 is 4.52 Å². The van der Waals surface area contributed by atoms with E-state index in [4.69, 9.17) is 10.3 Å². The highest BCUT2D eigenvalue weighted by Gasteiger charge is 2.24. The van der Waals surface area contributed by atoms with Gasteiger partial charge < -0.3 is 10.3 Å². The molecule has 0 spiro atoms. The highest BCUT2D eigenvalue weighted by Crippen LogP contribution is 2.22. The molecule has 0 bridgehead atoms. The molecule has 0 aliphatic carbocycles. The summed E-state index contributed by atoms with van der Waals surface area (Å²) in [6, 6.07) is 11.2. The molecule has 0 radical (unpaired) electrons. The van der Waals surface area contributed by atoms with Crippen LogP contribution >= 0.6 is 12.4 Å². The van der Waals surface area contributed by atoms with Crippen molar-refractivity contribution in [2.45, 2.75) is 44.8 Å². The van der Waals surface area contributed by atoms with E-state index in [-0.39, 0.29) is 12.4 Å². The van der Waals surface area contributed by atoms with Gasteiger partial charge in [-0.25, -0.2) is 0 Å². The van der Waals surface area contributed by atoms with Gasteiger partial charge in [-0.15, -0.1) is 12.4 Å². The van der Waals surface area contributed by atoms with E-state index in [0.717, 1.165) is 25.3 Å². The Bertz CT molecular complexity index is 560. The predicted molar refractivity (Wildman–Crippen MR) is 87.6 cm³/mol. The lowest BCUT2D eigenvalue weighted by atomic mass is 9.95. The molecule has 2 heterocycles. The lowest BCUT2D eigenvalue weighted by Crippen LogP contribution is -2.40. The first-order chi connectivity index (χ1) is 10.3. The maximum Gasteiger partial charge on any atom is 0.240 e. The summed E-state index contributed by atoms with van der Waals surface area (Å²) in [4.78, 5) is 6.79. The van der Waals surface area contributed by atoms with Gasteiger partial charge in [-0.3, -0.25) is 4.90 Å². The summed E-state index contributed by atoms with van der Waals surface area (Å²) < 4.78 is 5.10. The van der Waals surface area contributed by atoms with Gasteiger partial charge in [0.15, 0.2) is 5.82 Å². The van der Waals surface area contributed by atoms with Crippen molar-refractivity contribution in [2.75, 3.05) is 6.54 Å². The number of nitrogens with zero attached hydrogens (tertiary/aromatic N) is 3. The summed E-state index contributed by atoms with van der Waals surface area (Å²) in [5, 5.41) is 4.01. The van der Waals surface area contributed by atoms with E-state index in [9.17, 15) is 0 Å². The standard InChI is InChI=1S/C16H22N4O.ClH/c17-11-16-18-15(19-21-16)12-20-9-5-4-8-14(20)10-13-6-2-1-3-7-13;/h1-3,6-7,14H,4-5,8-12,17H2;1H. The van der Waals surface area contributed by atoms with Crippen molar-refractivity contribution in [3.8, 4) is 0 Å². The highest BCUT2D eigenvalue weighted by atomic mass is 35.5. The third kappa shape index (κ3) is 4.29. The SMILES string of the molecule is Cl.NCc1nc(CN2CCCCC2Cc2ccccc2)no1. The molecule has 120 valence electrons. The second-order valence-electron chi connectivity index (χ2n) is 5.62. The number of hydrogen-bond acceptors (Lipinski definition) is 5. The minimum atomic E-state index is 0. The van der Waals surface area contributed by atoms with Crippen molar-refractivity contribution in [1.82, 2.24) is 15.0 Å². The molecule has 0 amide bonds. The molecule has 1 unspecified atom stereocenters. The Kier molecular flexibility index (Phi) is 6.36. The molecule has 0 saturated carbocycles. The molecular weight excluding hydrogens is 300 g/mol. The van der Waals surface area contributed by atoms with Gasteiger partial charge in [0.25, 0.3) is 0 Å². The molecule has 2 aromatic rings. The van der Waals surface area contributed by atoms with Gasteiger partial charge >= 0.3 is 0 Å². The summed E-state index contributed by atoms with van der Waals surface area (Å²) in [5.41, 5.74) is 6.91. The third-order valence-electron chi connectivity index (χ3n) is 4.09. The molecule has 22 heavy (non-hydrogen) atoms. The number of hydrogen-bond donors (Lipinski definition) is 1. The van der Waals surface area contributed by atoms with Crippen LogP contribution in [-0.2, 0) is 19.5 Å². The van der Waals surface area contributed by atoms with Crippen LogP contribution in [0.25, 0.3) is 0 Å². The van der Waals surface area contributed by atoms with Crippen LogP contribution in [0.15, 0.2) is 34.9 Å². The van der Waals surface area contributed by atoms with Crippen molar-refractivity contribution in [3.05, 3.63) is 47.6 Å². The molecule has 1 aliphatic rings. The van der Waals surface area contributed by atoms with Crippen molar-refractivity contribution in [3.63, 3.8) is 0 Å². The Labute approximate surface area is 137 Å². The van der Waals surface area contributed by atoms with Crippen LogP contribution in [-0.4, -0.2) is 27.6 Å². The zero-order chi connectivity index (χ0) is 14.5. The van der Waals surface area contributed by atoms with E-state index in [0.29, 0.717) is 18.5 Å². The summed E-state index contributed by atoms with van der Waals surface area (Å²) in [6.07, 6.45) is 4.86. The molecule has 1 atom stereocenters. The average molecular weight is 323 g/mol. The molecule has 2 N–H and O–H groups in total. The summed E-state index contributed by atoms with van der Waals surface area (Å²) >= 11 is 0. The first-order valence-electron chi connectivity index (χ1n) is 7.64. The fourth-order valence-corrected chi connectivity index (χ4v) is 3.00. The largest absolute Gasteiger partial charge is 0.338 e. The normalized spacial score (nSPS) is 18.9. The topological polar surface area (TPSA) is 68.2 Å². The maximum absolute atomic E-state index is 5.52. The fraction of sp³-hybridized carbons (Fsp3) is 0.500. The number of piperidine rings is 1. The molecule has 1 aromatic heterocycles. The average Bonchev–Trinajstić information content (AvgIpc) is 2.98. The molecule has 1 aliphatic heterocycles. The van der Waals surface area contributed by atoms with E-state index in [1.54, 1.807) is 0 Å². The second-order valence-corrected chi connectivity index (χ2v) is 5.62.